The molecular weight excluding hydrogens is 242 g/mol. The fourth-order valence-corrected chi connectivity index (χ4v) is 2.51. The predicted molar refractivity (Wildman–Crippen MR) is 73.1 cm³/mol. The molecule has 1 aromatic rings. The summed E-state index contributed by atoms with van der Waals surface area (Å²) in [6.07, 6.45) is 3.68. The van der Waals surface area contributed by atoms with Crippen LogP contribution in [0.1, 0.15) is 31.2 Å². The van der Waals surface area contributed by atoms with Crippen LogP contribution >= 0.6 is 0 Å². The van der Waals surface area contributed by atoms with Crippen LogP contribution in [-0.2, 0) is 11.2 Å². The Bertz CT molecular complexity index is 433. The molecule has 104 valence electrons. The number of aliphatic hydroxyl groups is 1. The summed E-state index contributed by atoms with van der Waals surface area (Å²) in [6, 6.07) is 7.39. The molecule has 4 nitrogen and oxygen atoms in total. The number of hydrogen-bond donors (Lipinski definition) is 2. The Labute approximate surface area is 113 Å². The zero-order valence-corrected chi connectivity index (χ0v) is 11.3. The van der Waals surface area contributed by atoms with Crippen molar-refractivity contribution in [3.05, 3.63) is 29.8 Å². The maximum absolute atomic E-state index is 12.0. The molecule has 1 aromatic carbocycles. The monoisotopic (exact) mass is 263 g/mol. The second-order valence-electron chi connectivity index (χ2n) is 5.05. The van der Waals surface area contributed by atoms with Gasteiger partial charge in [0.05, 0.1) is 25.7 Å². The second-order valence-corrected chi connectivity index (χ2v) is 5.05. The molecule has 0 aromatic heterocycles. The average Bonchev–Trinajstić information content (AvgIpc) is 2.41. The molecule has 19 heavy (non-hydrogen) atoms. The number of amides is 1. The molecule has 1 fully saturated rings. The van der Waals surface area contributed by atoms with E-state index < -0.39 is 6.10 Å². The van der Waals surface area contributed by atoms with Crippen LogP contribution in [0.5, 0.6) is 5.75 Å². The SMILES string of the molecule is COc1cccc(CC(=O)N[C@H]2CCCC[C@@H]2O)c1. The smallest absolute Gasteiger partial charge is 0.224 e. The summed E-state index contributed by atoms with van der Waals surface area (Å²) in [4.78, 5) is 12.0. The van der Waals surface area contributed by atoms with E-state index in [0.29, 0.717) is 6.42 Å². The normalized spacial score (nSPS) is 22.8. The summed E-state index contributed by atoms with van der Waals surface area (Å²) in [7, 11) is 1.61. The number of nitrogens with one attached hydrogen (secondary N) is 1. The van der Waals surface area contributed by atoms with Crippen LogP contribution in [-0.4, -0.2) is 30.3 Å². The lowest BCUT2D eigenvalue weighted by Gasteiger charge is -2.28. The minimum atomic E-state index is -0.400. The maximum atomic E-state index is 12.0. The molecule has 1 saturated carbocycles. The van der Waals surface area contributed by atoms with E-state index in [-0.39, 0.29) is 11.9 Å². The molecule has 0 bridgehead atoms. The lowest BCUT2D eigenvalue weighted by molar-refractivity contribution is -0.122. The third-order valence-corrected chi connectivity index (χ3v) is 3.57. The minimum absolute atomic E-state index is 0.0424. The average molecular weight is 263 g/mol. The van der Waals surface area contributed by atoms with E-state index >= 15 is 0 Å². The van der Waals surface area contributed by atoms with Gasteiger partial charge in [-0.1, -0.05) is 25.0 Å². The van der Waals surface area contributed by atoms with Crippen molar-refractivity contribution in [3.63, 3.8) is 0 Å². The van der Waals surface area contributed by atoms with Gasteiger partial charge in [0.1, 0.15) is 5.75 Å². The molecule has 0 aliphatic heterocycles. The Hall–Kier alpha value is -1.55. The number of methoxy groups -OCH3 is 1. The highest BCUT2D eigenvalue weighted by Crippen LogP contribution is 2.18. The molecule has 0 unspecified atom stereocenters. The Morgan fingerprint density at radius 1 is 1.42 bits per heavy atom. The lowest BCUT2D eigenvalue weighted by atomic mass is 9.92. The zero-order chi connectivity index (χ0) is 13.7. The first-order valence-corrected chi connectivity index (χ1v) is 6.79. The maximum Gasteiger partial charge on any atom is 0.224 e. The molecule has 0 heterocycles. The van der Waals surface area contributed by atoms with E-state index in [1.165, 1.54) is 0 Å². The molecule has 1 aliphatic carbocycles. The quantitative estimate of drug-likeness (QED) is 0.868. The number of ether oxygens (including phenoxy) is 1. The first-order valence-electron chi connectivity index (χ1n) is 6.79. The van der Waals surface area contributed by atoms with Crippen LogP contribution in [0.2, 0.25) is 0 Å². The zero-order valence-electron chi connectivity index (χ0n) is 11.3. The Morgan fingerprint density at radius 3 is 2.95 bits per heavy atom. The number of aliphatic hydroxyl groups excluding tert-OH is 1. The van der Waals surface area contributed by atoms with E-state index in [9.17, 15) is 9.90 Å². The minimum Gasteiger partial charge on any atom is -0.497 e. The first-order chi connectivity index (χ1) is 9.19. The van der Waals surface area contributed by atoms with Crippen LogP contribution in [0.3, 0.4) is 0 Å². The van der Waals surface area contributed by atoms with E-state index in [4.69, 9.17) is 4.74 Å². The molecule has 0 spiro atoms. The highest BCUT2D eigenvalue weighted by molar-refractivity contribution is 5.79. The summed E-state index contributed by atoms with van der Waals surface area (Å²) in [5, 5.41) is 12.8. The standard InChI is InChI=1S/C15H21NO3/c1-19-12-6-4-5-11(9-12)10-15(18)16-13-7-2-3-8-14(13)17/h4-6,9,13-14,17H,2-3,7-8,10H2,1H3,(H,16,18)/t13-,14-/m0/s1. The second kappa shape index (κ2) is 6.57. The van der Waals surface area contributed by atoms with Gasteiger partial charge in [-0.05, 0) is 30.5 Å². The van der Waals surface area contributed by atoms with Gasteiger partial charge >= 0.3 is 0 Å². The Morgan fingerprint density at radius 2 is 2.21 bits per heavy atom. The number of carbonyl (C=O) groups excluding carboxylic acids is 1. The number of rotatable bonds is 4. The van der Waals surface area contributed by atoms with Gasteiger partial charge in [0.2, 0.25) is 5.91 Å². The van der Waals surface area contributed by atoms with Crippen molar-refractivity contribution in [2.75, 3.05) is 7.11 Å². The number of benzene rings is 1. The van der Waals surface area contributed by atoms with Crippen molar-refractivity contribution in [3.8, 4) is 5.75 Å². The molecule has 1 amide bonds. The summed E-state index contributed by atoms with van der Waals surface area (Å²) in [6.45, 7) is 0. The van der Waals surface area contributed by atoms with Gasteiger partial charge in [-0.15, -0.1) is 0 Å². The molecule has 1 aliphatic rings. The van der Waals surface area contributed by atoms with Crippen LogP contribution in [0.15, 0.2) is 24.3 Å². The van der Waals surface area contributed by atoms with Crippen molar-refractivity contribution in [2.45, 2.75) is 44.2 Å². The Kier molecular flexibility index (Phi) is 4.80. The third-order valence-electron chi connectivity index (χ3n) is 3.57. The molecule has 0 saturated heterocycles. The van der Waals surface area contributed by atoms with E-state index in [1.807, 2.05) is 24.3 Å². The highest BCUT2D eigenvalue weighted by Gasteiger charge is 2.24. The van der Waals surface area contributed by atoms with Crippen LogP contribution < -0.4 is 10.1 Å². The van der Waals surface area contributed by atoms with Crippen LogP contribution in [0.4, 0.5) is 0 Å². The van der Waals surface area contributed by atoms with Crippen molar-refractivity contribution in [2.24, 2.45) is 0 Å². The molecule has 2 rings (SSSR count). The van der Waals surface area contributed by atoms with Gasteiger partial charge in [0.25, 0.3) is 0 Å². The molecule has 2 N–H and O–H groups in total. The summed E-state index contributed by atoms with van der Waals surface area (Å²) in [5.41, 5.74) is 0.919. The van der Waals surface area contributed by atoms with E-state index in [0.717, 1.165) is 37.0 Å². The van der Waals surface area contributed by atoms with Crippen molar-refractivity contribution >= 4 is 5.91 Å². The first kappa shape index (κ1) is 13.9. The van der Waals surface area contributed by atoms with Crippen molar-refractivity contribution in [1.29, 1.82) is 0 Å². The Balaban J connectivity index is 1.89. The number of hydrogen-bond acceptors (Lipinski definition) is 3. The lowest BCUT2D eigenvalue weighted by Crippen LogP contribution is -2.45. The van der Waals surface area contributed by atoms with Crippen molar-refractivity contribution in [1.82, 2.24) is 5.32 Å². The van der Waals surface area contributed by atoms with Gasteiger partial charge < -0.3 is 15.2 Å². The number of carbonyl (C=O) groups is 1. The summed E-state index contributed by atoms with van der Waals surface area (Å²) in [5.74, 6) is 0.710. The van der Waals surface area contributed by atoms with Gasteiger partial charge in [-0.2, -0.15) is 0 Å². The van der Waals surface area contributed by atoms with Crippen LogP contribution in [0.25, 0.3) is 0 Å². The fourth-order valence-electron chi connectivity index (χ4n) is 2.51. The summed E-state index contributed by atoms with van der Waals surface area (Å²) >= 11 is 0. The molecule has 0 radical (unpaired) electrons. The summed E-state index contributed by atoms with van der Waals surface area (Å²) < 4.78 is 5.13. The topological polar surface area (TPSA) is 58.6 Å². The van der Waals surface area contributed by atoms with Crippen molar-refractivity contribution < 1.29 is 14.6 Å². The van der Waals surface area contributed by atoms with E-state index in [2.05, 4.69) is 5.32 Å². The van der Waals surface area contributed by atoms with Gasteiger partial charge in [0, 0.05) is 0 Å². The fraction of sp³-hybridized carbons (Fsp3) is 0.533. The van der Waals surface area contributed by atoms with Crippen LogP contribution in [0, 0.1) is 0 Å². The predicted octanol–water partition coefficient (Wildman–Crippen LogP) is 1.66. The molecule has 4 heteroatoms. The third kappa shape index (κ3) is 3.96. The largest absolute Gasteiger partial charge is 0.497 e. The van der Waals surface area contributed by atoms with Gasteiger partial charge in [0.15, 0.2) is 0 Å². The molecule has 2 atom stereocenters. The van der Waals surface area contributed by atoms with Gasteiger partial charge in [-0.3, -0.25) is 4.79 Å². The van der Waals surface area contributed by atoms with E-state index in [1.54, 1.807) is 7.11 Å². The highest BCUT2D eigenvalue weighted by atomic mass is 16.5. The van der Waals surface area contributed by atoms with Gasteiger partial charge in [-0.25, -0.2) is 0 Å². The molecular formula is C15H21NO3.